The summed E-state index contributed by atoms with van der Waals surface area (Å²) in [4.78, 5) is 11.9. The number of hydrogen-bond donors (Lipinski definition) is 2. The van der Waals surface area contributed by atoms with Gasteiger partial charge in [0.05, 0.1) is 12.8 Å². The molecule has 0 radical (unpaired) electrons. The molecule has 0 saturated heterocycles. The summed E-state index contributed by atoms with van der Waals surface area (Å²) >= 11 is 0. The Morgan fingerprint density at radius 1 is 1.35 bits per heavy atom. The Morgan fingerprint density at radius 3 is 2.39 bits per heavy atom. The number of nitrogens with two attached hydrogens (primary N) is 1. The van der Waals surface area contributed by atoms with Crippen molar-refractivity contribution in [3.8, 4) is 5.75 Å². The fourth-order valence-electron chi connectivity index (χ4n) is 3.18. The smallest absolute Gasteiger partial charge is 0.412 e. The highest BCUT2D eigenvalue weighted by Gasteiger charge is 2.61. The van der Waals surface area contributed by atoms with Crippen LogP contribution >= 0.6 is 0 Å². The van der Waals surface area contributed by atoms with E-state index < -0.39 is 11.7 Å². The van der Waals surface area contributed by atoms with Gasteiger partial charge in [0.1, 0.15) is 11.4 Å². The fourth-order valence-corrected chi connectivity index (χ4v) is 3.18. The van der Waals surface area contributed by atoms with Crippen LogP contribution in [-0.4, -0.2) is 25.3 Å². The van der Waals surface area contributed by atoms with Gasteiger partial charge in [0.2, 0.25) is 0 Å². The van der Waals surface area contributed by atoms with Crippen molar-refractivity contribution in [3.63, 3.8) is 0 Å². The maximum absolute atomic E-state index is 11.9. The maximum Gasteiger partial charge on any atom is 0.412 e. The first-order valence-corrected chi connectivity index (χ1v) is 7.93. The van der Waals surface area contributed by atoms with E-state index >= 15 is 0 Å². The van der Waals surface area contributed by atoms with Crippen molar-refractivity contribution in [2.24, 2.45) is 11.1 Å². The second kappa shape index (κ2) is 5.71. The van der Waals surface area contributed by atoms with Gasteiger partial charge in [-0.1, -0.05) is 19.9 Å². The molecule has 2 rings (SSSR count). The van der Waals surface area contributed by atoms with Gasteiger partial charge >= 0.3 is 6.09 Å². The van der Waals surface area contributed by atoms with Crippen molar-refractivity contribution >= 4 is 11.8 Å². The fraction of sp³-hybridized carbons (Fsp3) is 0.611. The van der Waals surface area contributed by atoms with Crippen LogP contribution in [0.15, 0.2) is 18.2 Å². The van der Waals surface area contributed by atoms with Crippen LogP contribution < -0.4 is 15.8 Å². The molecule has 3 N–H and O–H groups in total. The van der Waals surface area contributed by atoms with Crippen molar-refractivity contribution in [1.82, 2.24) is 0 Å². The van der Waals surface area contributed by atoms with E-state index in [1.54, 1.807) is 7.11 Å². The summed E-state index contributed by atoms with van der Waals surface area (Å²) < 4.78 is 10.7. The zero-order chi connectivity index (χ0) is 17.5. The molecule has 23 heavy (non-hydrogen) atoms. The van der Waals surface area contributed by atoms with Gasteiger partial charge in [-0.05, 0) is 50.3 Å². The SMILES string of the molecule is COc1cc(C2(CN)CC2(C)C)ccc1NC(=O)OC(C)(C)C. The highest BCUT2D eigenvalue weighted by atomic mass is 16.6. The Balaban J connectivity index is 2.23. The molecule has 1 aromatic rings. The highest BCUT2D eigenvalue weighted by Crippen LogP contribution is 2.64. The molecule has 1 aromatic carbocycles. The number of rotatable bonds is 4. The summed E-state index contributed by atoms with van der Waals surface area (Å²) in [7, 11) is 1.59. The quantitative estimate of drug-likeness (QED) is 0.887. The lowest BCUT2D eigenvalue weighted by atomic mass is 9.87. The van der Waals surface area contributed by atoms with Gasteiger partial charge in [-0.15, -0.1) is 0 Å². The van der Waals surface area contributed by atoms with Gasteiger partial charge in [0, 0.05) is 12.0 Å². The lowest BCUT2D eigenvalue weighted by Gasteiger charge is -2.22. The number of nitrogens with one attached hydrogen (secondary N) is 1. The predicted molar refractivity (Wildman–Crippen MR) is 92.0 cm³/mol. The summed E-state index contributed by atoms with van der Waals surface area (Å²) in [5.41, 5.74) is 7.40. The molecule has 1 amide bonds. The summed E-state index contributed by atoms with van der Waals surface area (Å²) in [6.45, 7) is 10.5. The van der Waals surface area contributed by atoms with Crippen LogP contribution in [0.5, 0.6) is 5.75 Å². The summed E-state index contributed by atoms with van der Waals surface area (Å²) in [6, 6.07) is 5.83. The van der Waals surface area contributed by atoms with E-state index in [-0.39, 0.29) is 10.8 Å². The largest absolute Gasteiger partial charge is 0.495 e. The van der Waals surface area contributed by atoms with Gasteiger partial charge in [-0.2, -0.15) is 0 Å². The first kappa shape index (κ1) is 17.6. The summed E-state index contributed by atoms with van der Waals surface area (Å²) in [6.07, 6.45) is 0.558. The molecule has 1 saturated carbocycles. The molecule has 1 fully saturated rings. The average molecular weight is 320 g/mol. The third kappa shape index (κ3) is 3.44. The van der Waals surface area contributed by atoms with Gasteiger partial charge < -0.3 is 15.2 Å². The second-order valence-electron chi connectivity index (χ2n) is 7.89. The molecule has 0 aliphatic heterocycles. The number of amides is 1. The van der Waals surface area contributed by atoms with Crippen LogP contribution in [0.4, 0.5) is 10.5 Å². The normalized spacial score (nSPS) is 22.4. The monoisotopic (exact) mass is 320 g/mol. The van der Waals surface area contributed by atoms with Crippen molar-refractivity contribution in [1.29, 1.82) is 0 Å². The van der Waals surface area contributed by atoms with Crippen LogP contribution in [0.3, 0.4) is 0 Å². The summed E-state index contributed by atoms with van der Waals surface area (Å²) in [5.74, 6) is 0.615. The predicted octanol–water partition coefficient (Wildman–Crippen LogP) is 3.67. The number of methoxy groups -OCH3 is 1. The highest BCUT2D eigenvalue weighted by molar-refractivity contribution is 5.87. The molecule has 5 nitrogen and oxygen atoms in total. The molecule has 128 valence electrons. The lowest BCUT2D eigenvalue weighted by Crippen LogP contribution is -2.27. The zero-order valence-electron chi connectivity index (χ0n) is 14.9. The van der Waals surface area contributed by atoms with E-state index in [9.17, 15) is 4.79 Å². The molecule has 1 aliphatic rings. The van der Waals surface area contributed by atoms with E-state index in [1.807, 2.05) is 39.0 Å². The number of benzene rings is 1. The van der Waals surface area contributed by atoms with E-state index in [0.717, 1.165) is 12.0 Å². The molecular weight excluding hydrogens is 292 g/mol. The number of anilines is 1. The van der Waals surface area contributed by atoms with Crippen LogP contribution in [0.25, 0.3) is 0 Å². The van der Waals surface area contributed by atoms with Gasteiger partial charge in [0.15, 0.2) is 0 Å². The van der Waals surface area contributed by atoms with Crippen LogP contribution in [-0.2, 0) is 10.2 Å². The van der Waals surface area contributed by atoms with Crippen molar-refractivity contribution in [3.05, 3.63) is 23.8 Å². The minimum Gasteiger partial charge on any atom is -0.495 e. The lowest BCUT2D eigenvalue weighted by molar-refractivity contribution is 0.0635. The molecule has 0 spiro atoms. The molecule has 1 unspecified atom stereocenters. The number of carbonyl (C=O) groups is 1. The number of ether oxygens (including phenoxy) is 2. The third-order valence-corrected chi connectivity index (χ3v) is 4.65. The van der Waals surface area contributed by atoms with E-state index in [0.29, 0.717) is 18.0 Å². The minimum absolute atomic E-state index is 0.00920. The standard InChI is InChI=1S/C18H28N2O3/c1-16(2,3)23-15(21)20-13-8-7-12(9-14(13)22-6)18(11-19)10-17(18,4)5/h7-9H,10-11,19H2,1-6H3,(H,20,21). The second-order valence-corrected chi connectivity index (χ2v) is 7.89. The first-order chi connectivity index (χ1) is 10.5. The molecule has 0 heterocycles. The Labute approximate surface area is 138 Å². The third-order valence-electron chi connectivity index (χ3n) is 4.65. The molecular formula is C18H28N2O3. The van der Waals surface area contributed by atoms with E-state index in [2.05, 4.69) is 19.2 Å². The Bertz CT molecular complexity index is 605. The van der Waals surface area contributed by atoms with Crippen molar-refractivity contribution in [2.45, 2.75) is 52.1 Å². The summed E-state index contributed by atoms with van der Waals surface area (Å²) in [5, 5.41) is 2.74. The van der Waals surface area contributed by atoms with E-state index in [1.165, 1.54) is 0 Å². The average Bonchev–Trinajstić information content (AvgIpc) is 3.00. The molecule has 0 bridgehead atoms. The Hall–Kier alpha value is -1.75. The van der Waals surface area contributed by atoms with Gasteiger partial charge in [0.25, 0.3) is 0 Å². The topological polar surface area (TPSA) is 73.6 Å². The molecule has 1 atom stereocenters. The maximum atomic E-state index is 11.9. The first-order valence-electron chi connectivity index (χ1n) is 7.93. The number of carbonyl (C=O) groups excluding carboxylic acids is 1. The molecule has 1 aliphatic carbocycles. The van der Waals surface area contributed by atoms with Crippen molar-refractivity contribution < 1.29 is 14.3 Å². The van der Waals surface area contributed by atoms with E-state index in [4.69, 9.17) is 15.2 Å². The molecule has 5 heteroatoms. The minimum atomic E-state index is -0.543. The molecule has 0 aromatic heterocycles. The van der Waals surface area contributed by atoms with Crippen LogP contribution in [0.1, 0.15) is 46.6 Å². The number of hydrogen-bond acceptors (Lipinski definition) is 4. The van der Waals surface area contributed by atoms with Gasteiger partial charge in [-0.25, -0.2) is 4.79 Å². The van der Waals surface area contributed by atoms with Crippen molar-refractivity contribution in [2.75, 3.05) is 19.0 Å². The Morgan fingerprint density at radius 2 is 1.96 bits per heavy atom. The van der Waals surface area contributed by atoms with Gasteiger partial charge in [-0.3, -0.25) is 5.32 Å². The van der Waals surface area contributed by atoms with Crippen LogP contribution in [0, 0.1) is 5.41 Å². The zero-order valence-corrected chi connectivity index (χ0v) is 14.9. The van der Waals surface area contributed by atoms with Crippen LogP contribution in [0.2, 0.25) is 0 Å². The Kier molecular flexibility index (Phi) is 4.37.